The van der Waals surface area contributed by atoms with Gasteiger partial charge in [-0.1, -0.05) is 24.3 Å². The van der Waals surface area contributed by atoms with Crippen LogP contribution in [0, 0.1) is 6.92 Å². The Bertz CT molecular complexity index is 914. The lowest BCUT2D eigenvalue weighted by molar-refractivity contribution is -0.120. The molecule has 144 valence electrons. The summed E-state index contributed by atoms with van der Waals surface area (Å²) in [4.78, 5) is 37.7. The largest absolute Gasteiger partial charge is 0.337 e. The van der Waals surface area contributed by atoms with Gasteiger partial charge in [-0.15, -0.1) is 6.58 Å². The van der Waals surface area contributed by atoms with Gasteiger partial charge >= 0.3 is 0 Å². The first kappa shape index (κ1) is 18.3. The third-order valence-electron chi connectivity index (χ3n) is 5.88. The molecule has 0 saturated carbocycles. The Morgan fingerprint density at radius 1 is 1.21 bits per heavy atom. The van der Waals surface area contributed by atoms with Crippen LogP contribution in [0.2, 0.25) is 0 Å². The predicted molar refractivity (Wildman–Crippen MR) is 107 cm³/mol. The van der Waals surface area contributed by atoms with Crippen LogP contribution in [0.3, 0.4) is 0 Å². The fraction of sp³-hybridized carbons (Fsp3) is 0.364. The van der Waals surface area contributed by atoms with E-state index in [0.717, 1.165) is 24.2 Å². The molecule has 2 aliphatic rings. The number of para-hydroxylation sites is 1. The SMILES string of the molecule is C=CCN1C(=O)CC2(CCN(C(=O)c3cnc(C)cn3)CC2)c2ccccc21. The molecule has 1 fully saturated rings. The molecule has 0 unspecified atom stereocenters. The highest BCUT2D eigenvalue weighted by atomic mass is 16.2. The first-order valence-electron chi connectivity index (χ1n) is 9.63. The number of benzene rings is 1. The van der Waals surface area contributed by atoms with E-state index in [1.807, 2.05) is 34.9 Å². The number of rotatable bonds is 3. The lowest BCUT2D eigenvalue weighted by Crippen LogP contribution is -2.51. The highest BCUT2D eigenvalue weighted by Gasteiger charge is 2.45. The maximum absolute atomic E-state index is 12.9. The Labute approximate surface area is 164 Å². The van der Waals surface area contributed by atoms with E-state index in [9.17, 15) is 9.59 Å². The van der Waals surface area contributed by atoms with Crippen molar-refractivity contribution < 1.29 is 9.59 Å². The van der Waals surface area contributed by atoms with Crippen LogP contribution in [0.5, 0.6) is 0 Å². The first-order valence-corrected chi connectivity index (χ1v) is 9.63. The van der Waals surface area contributed by atoms with E-state index in [-0.39, 0.29) is 17.2 Å². The normalized spacial score (nSPS) is 18.1. The van der Waals surface area contributed by atoms with Crippen LogP contribution in [0.15, 0.2) is 49.3 Å². The molecule has 1 aromatic heterocycles. The predicted octanol–water partition coefficient (Wildman–Crippen LogP) is 2.88. The lowest BCUT2D eigenvalue weighted by Gasteiger charge is -2.47. The zero-order chi connectivity index (χ0) is 19.7. The van der Waals surface area contributed by atoms with Crippen molar-refractivity contribution in [1.29, 1.82) is 0 Å². The molecule has 6 nitrogen and oxygen atoms in total. The fourth-order valence-electron chi connectivity index (χ4n) is 4.35. The van der Waals surface area contributed by atoms with Crippen LogP contribution in [0.25, 0.3) is 0 Å². The molecule has 4 rings (SSSR count). The van der Waals surface area contributed by atoms with Gasteiger partial charge in [0.25, 0.3) is 5.91 Å². The zero-order valence-corrected chi connectivity index (χ0v) is 16.1. The summed E-state index contributed by atoms with van der Waals surface area (Å²) in [6.07, 6.45) is 6.92. The van der Waals surface area contributed by atoms with Gasteiger partial charge in [0.1, 0.15) is 5.69 Å². The second-order valence-corrected chi connectivity index (χ2v) is 7.60. The number of anilines is 1. The molecule has 1 aromatic carbocycles. The number of carbonyl (C=O) groups excluding carboxylic acids is 2. The molecule has 6 heteroatoms. The van der Waals surface area contributed by atoms with Crippen molar-refractivity contribution in [3.8, 4) is 0 Å². The van der Waals surface area contributed by atoms with Crippen molar-refractivity contribution >= 4 is 17.5 Å². The summed E-state index contributed by atoms with van der Waals surface area (Å²) in [5.74, 6) is 0.0360. The summed E-state index contributed by atoms with van der Waals surface area (Å²) in [6, 6.07) is 8.13. The molecule has 0 aliphatic carbocycles. The number of piperidine rings is 1. The Hall–Kier alpha value is -3.02. The summed E-state index contributed by atoms with van der Waals surface area (Å²) in [5.41, 5.74) is 3.14. The molecule has 0 atom stereocenters. The number of aryl methyl sites for hydroxylation is 1. The Morgan fingerprint density at radius 2 is 1.96 bits per heavy atom. The molecule has 2 aliphatic heterocycles. The second kappa shape index (κ2) is 7.19. The number of carbonyl (C=O) groups is 2. The third-order valence-corrected chi connectivity index (χ3v) is 5.88. The van der Waals surface area contributed by atoms with Crippen LogP contribution in [-0.2, 0) is 10.2 Å². The number of hydrogen-bond donors (Lipinski definition) is 0. The molecular weight excluding hydrogens is 352 g/mol. The van der Waals surface area contributed by atoms with Gasteiger partial charge in [-0.05, 0) is 31.4 Å². The smallest absolute Gasteiger partial charge is 0.274 e. The average molecular weight is 376 g/mol. The molecule has 1 spiro atoms. The molecule has 1 saturated heterocycles. The van der Waals surface area contributed by atoms with Crippen molar-refractivity contribution in [3.05, 3.63) is 66.3 Å². The lowest BCUT2D eigenvalue weighted by atomic mass is 9.67. The number of fused-ring (bicyclic) bond motifs is 2. The van der Waals surface area contributed by atoms with Gasteiger partial charge in [-0.2, -0.15) is 0 Å². The second-order valence-electron chi connectivity index (χ2n) is 7.60. The van der Waals surface area contributed by atoms with Crippen LogP contribution in [0.1, 0.15) is 41.0 Å². The monoisotopic (exact) mass is 376 g/mol. The molecule has 0 bridgehead atoms. The van der Waals surface area contributed by atoms with Gasteiger partial charge < -0.3 is 9.80 Å². The van der Waals surface area contributed by atoms with Crippen molar-refractivity contribution in [2.24, 2.45) is 0 Å². The quantitative estimate of drug-likeness (QED) is 0.773. The van der Waals surface area contributed by atoms with Crippen molar-refractivity contribution in [3.63, 3.8) is 0 Å². The molecule has 3 heterocycles. The summed E-state index contributed by atoms with van der Waals surface area (Å²) in [5, 5.41) is 0. The minimum absolute atomic E-state index is 0.0916. The molecule has 2 aromatic rings. The topological polar surface area (TPSA) is 66.4 Å². The van der Waals surface area contributed by atoms with E-state index in [1.54, 1.807) is 12.3 Å². The van der Waals surface area contributed by atoms with E-state index in [1.165, 1.54) is 11.8 Å². The number of hydrogen-bond acceptors (Lipinski definition) is 4. The van der Waals surface area contributed by atoms with Crippen molar-refractivity contribution in [2.75, 3.05) is 24.5 Å². The molecular formula is C22H24N4O2. The van der Waals surface area contributed by atoms with Gasteiger partial charge in [0.2, 0.25) is 5.91 Å². The van der Waals surface area contributed by atoms with Crippen LogP contribution in [-0.4, -0.2) is 46.3 Å². The van der Waals surface area contributed by atoms with E-state index >= 15 is 0 Å². The van der Waals surface area contributed by atoms with Crippen LogP contribution >= 0.6 is 0 Å². The van der Waals surface area contributed by atoms with Crippen LogP contribution < -0.4 is 4.90 Å². The molecule has 0 radical (unpaired) electrons. The fourth-order valence-corrected chi connectivity index (χ4v) is 4.35. The minimum atomic E-state index is -0.207. The number of amides is 2. The van der Waals surface area contributed by atoms with Crippen LogP contribution in [0.4, 0.5) is 5.69 Å². The summed E-state index contributed by atoms with van der Waals surface area (Å²) in [7, 11) is 0. The number of aromatic nitrogens is 2. The Kier molecular flexibility index (Phi) is 4.71. The standard InChI is InChI=1S/C22H24N4O2/c1-3-10-26-19-7-5-4-6-17(19)22(13-20(26)27)8-11-25(12-9-22)21(28)18-15-23-16(2)14-24-18/h3-7,14-15H,1,8-13H2,2H3. The highest BCUT2D eigenvalue weighted by molar-refractivity contribution is 5.98. The van der Waals surface area contributed by atoms with E-state index in [2.05, 4.69) is 22.6 Å². The van der Waals surface area contributed by atoms with Gasteiger partial charge in [0.15, 0.2) is 0 Å². The Morgan fingerprint density at radius 3 is 2.64 bits per heavy atom. The molecule has 2 amide bonds. The van der Waals surface area contributed by atoms with E-state index < -0.39 is 0 Å². The third kappa shape index (κ3) is 3.09. The number of nitrogens with zero attached hydrogens (tertiary/aromatic N) is 4. The Balaban J connectivity index is 1.57. The first-order chi connectivity index (χ1) is 13.5. The summed E-state index contributed by atoms with van der Waals surface area (Å²) >= 11 is 0. The summed E-state index contributed by atoms with van der Waals surface area (Å²) < 4.78 is 0. The maximum Gasteiger partial charge on any atom is 0.274 e. The zero-order valence-electron chi connectivity index (χ0n) is 16.1. The van der Waals surface area contributed by atoms with E-state index in [0.29, 0.717) is 31.7 Å². The minimum Gasteiger partial charge on any atom is -0.337 e. The molecule has 0 N–H and O–H groups in total. The average Bonchev–Trinajstić information content (AvgIpc) is 2.72. The molecule has 28 heavy (non-hydrogen) atoms. The van der Waals surface area contributed by atoms with Crippen molar-refractivity contribution in [1.82, 2.24) is 14.9 Å². The van der Waals surface area contributed by atoms with Gasteiger partial charge in [-0.3, -0.25) is 14.6 Å². The van der Waals surface area contributed by atoms with Crippen molar-refractivity contribution in [2.45, 2.75) is 31.6 Å². The van der Waals surface area contributed by atoms with E-state index in [4.69, 9.17) is 0 Å². The summed E-state index contributed by atoms with van der Waals surface area (Å²) in [6.45, 7) is 7.36. The highest BCUT2D eigenvalue weighted by Crippen LogP contribution is 2.47. The van der Waals surface area contributed by atoms with Gasteiger partial charge in [0.05, 0.1) is 11.9 Å². The maximum atomic E-state index is 12.9. The van der Waals surface area contributed by atoms with Gasteiger partial charge in [-0.25, -0.2) is 4.98 Å². The van der Waals surface area contributed by atoms with Gasteiger partial charge in [0, 0.05) is 43.4 Å². The number of likely N-dealkylation sites (tertiary alicyclic amines) is 1.